The quantitative estimate of drug-likeness (QED) is 0.507. The molecule has 0 atom stereocenters. The Balaban J connectivity index is 1.75. The maximum atomic E-state index is 13.6. The van der Waals surface area contributed by atoms with Gasteiger partial charge in [0.1, 0.15) is 23.7 Å². The summed E-state index contributed by atoms with van der Waals surface area (Å²) in [6, 6.07) is 15.4. The van der Waals surface area contributed by atoms with Crippen molar-refractivity contribution in [2.45, 2.75) is 33.3 Å². The van der Waals surface area contributed by atoms with Crippen LogP contribution in [0.5, 0.6) is 11.5 Å². The topological polar surface area (TPSA) is 83.8 Å². The Hall–Kier alpha value is -3.87. The predicted molar refractivity (Wildman–Crippen MR) is 127 cm³/mol. The third kappa shape index (κ3) is 4.59. The van der Waals surface area contributed by atoms with Gasteiger partial charge < -0.3 is 14.2 Å². The summed E-state index contributed by atoms with van der Waals surface area (Å²) >= 11 is 0. The number of benzene rings is 2. The lowest BCUT2D eigenvalue weighted by Gasteiger charge is -2.32. The zero-order chi connectivity index (χ0) is 24.5. The molecule has 0 amide bonds. The Morgan fingerprint density at radius 1 is 0.912 bits per heavy atom. The summed E-state index contributed by atoms with van der Waals surface area (Å²) in [5.74, 6) is 0.451. The number of methoxy groups -OCH3 is 2. The SMILES string of the molecule is COc1ccc(COC(=O)c2cc3c(n(-c4ccc(OC)cc4)c2=O)CC(C)(C)CC3=O)cc1. The van der Waals surface area contributed by atoms with E-state index in [1.54, 1.807) is 62.8 Å². The molecule has 0 unspecified atom stereocenters. The normalized spacial score (nSPS) is 14.3. The van der Waals surface area contributed by atoms with Crippen LogP contribution in [0.2, 0.25) is 0 Å². The van der Waals surface area contributed by atoms with Gasteiger partial charge in [-0.1, -0.05) is 26.0 Å². The lowest BCUT2D eigenvalue weighted by atomic mass is 9.75. The summed E-state index contributed by atoms with van der Waals surface area (Å²) in [5, 5.41) is 0. The minimum Gasteiger partial charge on any atom is -0.497 e. The Kier molecular flexibility index (Phi) is 6.28. The lowest BCUT2D eigenvalue weighted by Crippen LogP contribution is -2.36. The van der Waals surface area contributed by atoms with Crippen molar-refractivity contribution in [3.05, 3.63) is 87.3 Å². The van der Waals surface area contributed by atoms with E-state index >= 15 is 0 Å². The molecule has 0 fully saturated rings. The molecule has 0 aliphatic heterocycles. The predicted octanol–water partition coefficient (Wildman–Crippen LogP) is 4.37. The van der Waals surface area contributed by atoms with E-state index < -0.39 is 11.5 Å². The van der Waals surface area contributed by atoms with Crippen molar-refractivity contribution in [1.29, 1.82) is 0 Å². The maximum absolute atomic E-state index is 13.6. The summed E-state index contributed by atoms with van der Waals surface area (Å²) in [6.07, 6.45) is 0.859. The van der Waals surface area contributed by atoms with Gasteiger partial charge in [0.25, 0.3) is 5.56 Å². The number of Topliss-reactive ketones (excluding diaryl/α,β-unsaturated/α-hetero) is 1. The first-order valence-electron chi connectivity index (χ1n) is 11.0. The minimum absolute atomic E-state index is 0.0110. The van der Waals surface area contributed by atoms with Gasteiger partial charge in [-0.25, -0.2) is 4.79 Å². The highest BCUT2D eigenvalue weighted by Gasteiger charge is 2.35. The van der Waals surface area contributed by atoms with Gasteiger partial charge in [0.2, 0.25) is 0 Å². The molecule has 7 nitrogen and oxygen atoms in total. The van der Waals surface area contributed by atoms with Gasteiger partial charge >= 0.3 is 5.97 Å². The van der Waals surface area contributed by atoms with Crippen LogP contribution in [0.25, 0.3) is 5.69 Å². The van der Waals surface area contributed by atoms with Gasteiger partial charge in [0.05, 0.1) is 14.2 Å². The van der Waals surface area contributed by atoms with E-state index in [-0.39, 0.29) is 23.4 Å². The maximum Gasteiger partial charge on any atom is 0.344 e. The van der Waals surface area contributed by atoms with E-state index in [0.29, 0.717) is 41.3 Å². The summed E-state index contributed by atoms with van der Waals surface area (Å²) < 4.78 is 17.3. The van der Waals surface area contributed by atoms with E-state index in [9.17, 15) is 14.4 Å². The molecule has 0 bridgehead atoms. The second-order valence-electron chi connectivity index (χ2n) is 9.12. The summed E-state index contributed by atoms with van der Waals surface area (Å²) in [7, 11) is 3.13. The highest BCUT2D eigenvalue weighted by molar-refractivity contribution is 6.01. The van der Waals surface area contributed by atoms with Crippen molar-refractivity contribution < 1.29 is 23.8 Å². The number of carbonyl (C=O) groups excluding carboxylic acids is 2. The number of nitrogens with zero attached hydrogens (tertiary/aromatic N) is 1. The molecule has 1 aromatic heterocycles. The molecule has 0 spiro atoms. The zero-order valence-corrected chi connectivity index (χ0v) is 19.7. The molecule has 1 aliphatic carbocycles. The van der Waals surface area contributed by atoms with Crippen LogP contribution in [0.15, 0.2) is 59.4 Å². The summed E-state index contributed by atoms with van der Waals surface area (Å²) in [4.78, 5) is 39.5. The molecule has 0 N–H and O–H groups in total. The third-order valence-corrected chi connectivity index (χ3v) is 5.97. The van der Waals surface area contributed by atoms with Crippen LogP contribution in [-0.4, -0.2) is 30.5 Å². The van der Waals surface area contributed by atoms with Crippen molar-refractivity contribution in [3.8, 4) is 17.2 Å². The van der Waals surface area contributed by atoms with E-state index in [4.69, 9.17) is 14.2 Å². The number of carbonyl (C=O) groups is 2. The van der Waals surface area contributed by atoms with E-state index in [2.05, 4.69) is 0 Å². The van der Waals surface area contributed by atoms with Crippen LogP contribution in [0, 0.1) is 5.41 Å². The highest BCUT2D eigenvalue weighted by Crippen LogP contribution is 2.35. The van der Waals surface area contributed by atoms with Gasteiger partial charge in [-0.15, -0.1) is 0 Å². The standard InChI is InChI=1S/C27H27NO6/c1-27(2)14-23-21(24(29)15-27)13-22(25(30)28(23)18-7-11-20(33-4)12-8-18)26(31)34-16-17-5-9-19(32-3)10-6-17/h5-13H,14-16H2,1-4H3. The number of ketones is 1. The number of aromatic nitrogens is 1. The largest absolute Gasteiger partial charge is 0.497 e. The Bertz CT molecular complexity index is 1290. The minimum atomic E-state index is -0.775. The van der Waals surface area contributed by atoms with Crippen molar-refractivity contribution in [3.63, 3.8) is 0 Å². The fourth-order valence-corrected chi connectivity index (χ4v) is 4.21. The number of fused-ring (bicyclic) bond motifs is 1. The van der Waals surface area contributed by atoms with E-state index in [0.717, 1.165) is 5.56 Å². The number of ether oxygens (including phenoxy) is 3. The fourth-order valence-electron chi connectivity index (χ4n) is 4.21. The van der Waals surface area contributed by atoms with Crippen LogP contribution >= 0.6 is 0 Å². The highest BCUT2D eigenvalue weighted by atomic mass is 16.5. The molecular formula is C27H27NO6. The molecule has 34 heavy (non-hydrogen) atoms. The monoisotopic (exact) mass is 461 g/mol. The first kappa shape index (κ1) is 23.3. The van der Waals surface area contributed by atoms with Gasteiger partial charge in [-0.05, 0) is 59.9 Å². The van der Waals surface area contributed by atoms with Crippen LogP contribution in [0.4, 0.5) is 0 Å². The lowest BCUT2D eigenvalue weighted by molar-refractivity contribution is 0.0470. The number of hydrogen-bond acceptors (Lipinski definition) is 6. The van der Waals surface area contributed by atoms with Gasteiger partial charge in [-0.3, -0.25) is 14.2 Å². The number of rotatable bonds is 6. The molecule has 3 aromatic rings. The Morgan fingerprint density at radius 3 is 2.09 bits per heavy atom. The first-order valence-corrected chi connectivity index (χ1v) is 11.0. The zero-order valence-electron chi connectivity index (χ0n) is 19.7. The van der Waals surface area contributed by atoms with Crippen LogP contribution in [0.3, 0.4) is 0 Å². The first-order chi connectivity index (χ1) is 16.2. The van der Waals surface area contributed by atoms with Crippen molar-refractivity contribution in [2.24, 2.45) is 5.41 Å². The smallest absolute Gasteiger partial charge is 0.344 e. The molecule has 176 valence electrons. The molecule has 0 radical (unpaired) electrons. The second kappa shape index (κ2) is 9.17. The van der Waals surface area contributed by atoms with Gasteiger partial charge in [-0.2, -0.15) is 0 Å². The van der Waals surface area contributed by atoms with Crippen molar-refractivity contribution in [2.75, 3.05) is 14.2 Å². The Labute approximate surface area is 197 Å². The second-order valence-corrected chi connectivity index (χ2v) is 9.12. The van der Waals surface area contributed by atoms with Gasteiger partial charge in [0.15, 0.2) is 5.78 Å². The van der Waals surface area contributed by atoms with Crippen molar-refractivity contribution in [1.82, 2.24) is 4.57 Å². The molecule has 0 saturated heterocycles. The molecule has 1 heterocycles. The van der Waals surface area contributed by atoms with Crippen LogP contribution in [0.1, 0.15) is 52.2 Å². The summed E-state index contributed by atoms with van der Waals surface area (Å²) in [6.45, 7) is 3.98. The molecule has 4 rings (SSSR count). The Morgan fingerprint density at radius 2 is 1.50 bits per heavy atom. The number of hydrogen-bond donors (Lipinski definition) is 0. The average Bonchev–Trinajstić information content (AvgIpc) is 2.82. The van der Waals surface area contributed by atoms with Crippen molar-refractivity contribution >= 4 is 11.8 Å². The molecule has 7 heteroatoms. The molecule has 2 aromatic carbocycles. The van der Waals surface area contributed by atoms with E-state index in [1.807, 2.05) is 13.8 Å². The van der Waals surface area contributed by atoms with Crippen LogP contribution in [-0.2, 0) is 17.8 Å². The molecule has 1 aliphatic rings. The molecule has 0 saturated carbocycles. The molecular weight excluding hydrogens is 434 g/mol. The van der Waals surface area contributed by atoms with Gasteiger partial charge in [0, 0.05) is 23.4 Å². The average molecular weight is 462 g/mol. The van der Waals surface area contributed by atoms with Crippen LogP contribution < -0.4 is 15.0 Å². The third-order valence-electron chi connectivity index (χ3n) is 5.97. The number of esters is 1. The number of pyridine rings is 1. The summed E-state index contributed by atoms with van der Waals surface area (Å²) in [5.41, 5.74) is 1.29. The van der Waals surface area contributed by atoms with E-state index in [1.165, 1.54) is 10.6 Å². The fraction of sp³-hybridized carbons (Fsp3) is 0.296.